The molecule has 1 aliphatic heterocycles. The highest BCUT2D eigenvalue weighted by atomic mass is 32.2. The van der Waals surface area contributed by atoms with Gasteiger partial charge < -0.3 is 26.4 Å². The van der Waals surface area contributed by atoms with Crippen molar-refractivity contribution in [2.75, 3.05) is 28.9 Å². The van der Waals surface area contributed by atoms with Gasteiger partial charge in [0.25, 0.3) is 15.9 Å². The van der Waals surface area contributed by atoms with Gasteiger partial charge in [0.05, 0.1) is 10.6 Å². The minimum atomic E-state index is -4.21. The number of sulfonamides is 1. The highest BCUT2D eigenvalue weighted by Crippen LogP contribution is 2.33. The van der Waals surface area contributed by atoms with Crippen LogP contribution in [0.25, 0.3) is 22.3 Å². The number of rotatable bonds is 11. The fraction of sp³-hybridized carbons (Fsp3) is 0.278. The number of carbonyl (C=O) groups is 3. The number of anilines is 3. The van der Waals surface area contributed by atoms with Crippen LogP contribution in [0.5, 0.6) is 0 Å². The average Bonchev–Trinajstić information content (AvgIpc) is 3.04. The Morgan fingerprint density at radius 3 is 2.48 bits per heavy atom. The molecule has 14 heteroatoms. The lowest BCUT2D eigenvalue weighted by molar-refractivity contribution is -0.116. The summed E-state index contributed by atoms with van der Waals surface area (Å²) in [7, 11) is -4.21. The van der Waals surface area contributed by atoms with Gasteiger partial charge in [0.1, 0.15) is 17.2 Å². The molecule has 12 nitrogen and oxygen atoms in total. The molecule has 3 amide bonds. The molecular weight excluding hydrogens is 663 g/mol. The second kappa shape index (κ2) is 14.9. The minimum Gasteiger partial charge on any atom is -0.444 e. The van der Waals surface area contributed by atoms with E-state index in [0.717, 1.165) is 17.2 Å². The van der Waals surface area contributed by atoms with E-state index in [9.17, 15) is 22.8 Å². The largest absolute Gasteiger partial charge is 0.444 e. The first-order valence-electron chi connectivity index (χ1n) is 16.0. The number of carbonyl (C=O) groups excluding carboxylic acids is 3. The Balaban J connectivity index is 1.21. The normalized spacial score (nSPS) is 12.8. The number of nitrogens with zero attached hydrogens (tertiary/aromatic N) is 1. The first kappa shape index (κ1) is 35.8. The van der Waals surface area contributed by atoms with Crippen molar-refractivity contribution in [2.45, 2.75) is 57.0 Å². The second-order valence-corrected chi connectivity index (χ2v) is 14.5. The molecular formula is C36H39FN6O6S. The standard InChI is InChI=1S/C36H39FN6O6S/c1-36(2,3)49-35(46)40-15-5-4-9-32(44)42-25-7-6-8-26(19-25)43-50(47,48)27-11-13-28(31(37)20-27)24-18-30(33(38)41-21-24)22-10-12-29-23(17-22)14-16-39-34(29)45/h6-8,10-13,17-21,43H,4-5,9,14-16H2,1-3H3,(H2,38,41)(H,39,45)(H,40,46)(H,42,44). The zero-order valence-electron chi connectivity index (χ0n) is 27.9. The number of ether oxygens (including phenoxy) is 1. The summed E-state index contributed by atoms with van der Waals surface area (Å²) >= 11 is 0. The summed E-state index contributed by atoms with van der Waals surface area (Å²) < 4.78 is 49.6. The van der Waals surface area contributed by atoms with Crippen molar-refractivity contribution in [1.82, 2.24) is 15.6 Å². The zero-order chi connectivity index (χ0) is 36.1. The molecule has 2 heterocycles. The topological polar surface area (TPSA) is 182 Å². The molecule has 0 aliphatic carbocycles. The van der Waals surface area contributed by atoms with Gasteiger partial charge in [-0.25, -0.2) is 22.6 Å². The molecule has 0 radical (unpaired) electrons. The van der Waals surface area contributed by atoms with Gasteiger partial charge in [0, 0.05) is 53.6 Å². The smallest absolute Gasteiger partial charge is 0.407 e. The van der Waals surface area contributed by atoms with Crippen molar-refractivity contribution < 1.29 is 31.9 Å². The summed E-state index contributed by atoms with van der Waals surface area (Å²) in [4.78, 5) is 40.3. The lowest BCUT2D eigenvalue weighted by atomic mass is 9.94. The molecule has 262 valence electrons. The molecule has 0 unspecified atom stereocenters. The summed E-state index contributed by atoms with van der Waals surface area (Å²) in [6.45, 7) is 6.20. The lowest BCUT2D eigenvalue weighted by Gasteiger charge is -2.19. The summed E-state index contributed by atoms with van der Waals surface area (Å²) in [5, 5.41) is 8.18. The third kappa shape index (κ3) is 9.14. The predicted molar refractivity (Wildman–Crippen MR) is 189 cm³/mol. The Labute approximate surface area is 290 Å². The van der Waals surface area contributed by atoms with Gasteiger partial charge in [-0.1, -0.05) is 24.3 Å². The third-order valence-electron chi connectivity index (χ3n) is 7.72. The van der Waals surface area contributed by atoms with Crippen molar-refractivity contribution in [3.05, 3.63) is 89.9 Å². The number of fused-ring (bicyclic) bond motifs is 1. The maximum absolute atomic E-state index is 15.5. The first-order valence-corrected chi connectivity index (χ1v) is 17.5. The van der Waals surface area contributed by atoms with E-state index < -0.39 is 27.5 Å². The van der Waals surface area contributed by atoms with Crippen molar-refractivity contribution in [2.24, 2.45) is 0 Å². The van der Waals surface area contributed by atoms with Gasteiger partial charge in [0.15, 0.2) is 0 Å². The molecule has 0 saturated heterocycles. The lowest BCUT2D eigenvalue weighted by Crippen LogP contribution is -2.33. The van der Waals surface area contributed by atoms with Crippen molar-refractivity contribution in [1.29, 1.82) is 0 Å². The number of pyridine rings is 1. The molecule has 0 saturated carbocycles. The highest BCUT2D eigenvalue weighted by Gasteiger charge is 2.21. The van der Waals surface area contributed by atoms with Gasteiger partial charge in [-0.3, -0.25) is 14.3 Å². The van der Waals surface area contributed by atoms with E-state index in [0.29, 0.717) is 54.7 Å². The quantitative estimate of drug-likeness (QED) is 0.121. The summed E-state index contributed by atoms with van der Waals surface area (Å²) in [6.07, 6.45) is 2.82. The molecule has 1 aromatic heterocycles. The highest BCUT2D eigenvalue weighted by molar-refractivity contribution is 7.92. The van der Waals surface area contributed by atoms with E-state index in [1.165, 1.54) is 30.5 Å². The number of nitrogens with two attached hydrogens (primary N) is 1. The van der Waals surface area contributed by atoms with E-state index in [1.807, 2.05) is 6.07 Å². The maximum Gasteiger partial charge on any atom is 0.407 e. The van der Waals surface area contributed by atoms with Crippen LogP contribution in [0.3, 0.4) is 0 Å². The van der Waals surface area contributed by atoms with Gasteiger partial charge in [0.2, 0.25) is 5.91 Å². The van der Waals surface area contributed by atoms with Crippen LogP contribution < -0.4 is 26.4 Å². The van der Waals surface area contributed by atoms with Gasteiger partial charge >= 0.3 is 6.09 Å². The number of alkyl carbamates (subject to hydrolysis) is 1. The van der Waals surface area contributed by atoms with Crippen molar-refractivity contribution in [3.63, 3.8) is 0 Å². The Morgan fingerprint density at radius 2 is 1.72 bits per heavy atom. The van der Waals surface area contributed by atoms with E-state index in [1.54, 1.807) is 51.1 Å². The van der Waals surface area contributed by atoms with Crippen LogP contribution in [-0.2, 0) is 26.0 Å². The number of halogens is 1. The van der Waals surface area contributed by atoms with Crippen LogP contribution in [-0.4, -0.2) is 50.0 Å². The molecule has 5 rings (SSSR count). The SMILES string of the molecule is CC(C)(C)OC(=O)NCCCCC(=O)Nc1cccc(NS(=O)(=O)c2ccc(-c3cnc(N)c(-c4ccc5c(c4)CCNC5=O)c3)c(F)c2)c1. The Bertz CT molecular complexity index is 2050. The van der Waals surface area contributed by atoms with E-state index in [-0.39, 0.29) is 40.2 Å². The van der Waals surface area contributed by atoms with Crippen LogP contribution in [0.15, 0.2) is 77.8 Å². The molecule has 0 atom stereocenters. The van der Waals surface area contributed by atoms with Crippen molar-refractivity contribution >= 4 is 45.1 Å². The number of unbranched alkanes of at least 4 members (excludes halogenated alkanes) is 1. The molecule has 4 aromatic rings. The van der Waals surface area contributed by atoms with Crippen molar-refractivity contribution in [3.8, 4) is 22.3 Å². The fourth-order valence-electron chi connectivity index (χ4n) is 5.36. The van der Waals surface area contributed by atoms with E-state index >= 15 is 4.39 Å². The Kier molecular flexibility index (Phi) is 10.7. The number of aromatic nitrogens is 1. The second-order valence-electron chi connectivity index (χ2n) is 12.8. The molecule has 6 N–H and O–H groups in total. The predicted octanol–water partition coefficient (Wildman–Crippen LogP) is 5.86. The number of hydrogen-bond acceptors (Lipinski definition) is 8. The molecule has 3 aromatic carbocycles. The van der Waals surface area contributed by atoms with Crippen LogP contribution in [0.4, 0.5) is 26.4 Å². The van der Waals surface area contributed by atoms with Gasteiger partial charge in [-0.2, -0.15) is 0 Å². The van der Waals surface area contributed by atoms with Crippen LogP contribution in [0.1, 0.15) is 56.0 Å². The van der Waals surface area contributed by atoms with Gasteiger partial charge in [-0.05, 0) is 93.6 Å². The number of benzene rings is 3. The van der Waals surface area contributed by atoms with E-state index in [2.05, 4.69) is 25.7 Å². The molecule has 0 fully saturated rings. The average molecular weight is 703 g/mol. The van der Waals surface area contributed by atoms with Gasteiger partial charge in [-0.15, -0.1) is 0 Å². The number of hydrogen-bond donors (Lipinski definition) is 5. The maximum atomic E-state index is 15.5. The molecule has 0 bridgehead atoms. The van der Waals surface area contributed by atoms with Crippen LogP contribution in [0.2, 0.25) is 0 Å². The third-order valence-corrected chi connectivity index (χ3v) is 9.10. The molecule has 1 aliphatic rings. The fourth-order valence-corrected chi connectivity index (χ4v) is 6.42. The Hall–Kier alpha value is -5.50. The summed E-state index contributed by atoms with van der Waals surface area (Å²) in [5.41, 5.74) is 9.38. The Morgan fingerprint density at radius 1 is 0.960 bits per heavy atom. The molecule has 0 spiro atoms. The monoisotopic (exact) mass is 702 g/mol. The zero-order valence-corrected chi connectivity index (χ0v) is 28.7. The van der Waals surface area contributed by atoms with E-state index in [4.69, 9.17) is 10.5 Å². The number of amides is 3. The summed E-state index contributed by atoms with van der Waals surface area (Å²) in [6, 6.07) is 16.8. The number of nitrogens with one attached hydrogen (secondary N) is 4. The first-order chi connectivity index (χ1) is 23.7. The minimum absolute atomic E-state index is 0.125. The number of nitrogen functional groups attached to an aromatic ring is 1. The van der Waals surface area contributed by atoms with Crippen LogP contribution >= 0.6 is 0 Å². The molecule has 50 heavy (non-hydrogen) atoms. The summed E-state index contributed by atoms with van der Waals surface area (Å²) in [5.74, 6) is -0.976. The van der Waals surface area contributed by atoms with Crippen LogP contribution in [0, 0.1) is 5.82 Å².